The van der Waals surface area contributed by atoms with Gasteiger partial charge in [-0.2, -0.15) is 0 Å². The summed E-state index contributed by atoms with van der Waals surface area (Å²) in [4.78, 5) is 21.7. The average molecular weight is 173 g/mol. The number of carbonyl (C=O) groups is 2. The van der Waals surface area contributed by atoms with E-state index in [9.17, 15) is 9.59 Å². The van der Waals surface area contributed by atoms with Gasteiger partial charge < -0.3 is 16.4 Å². The highest BCUT2D eigenvalue weighted by Gasteiger charge is 2.26. The Morgan fingerprint density at radius 1 is 1.42 bits per heavy atom. The van der Waals surface area contributed by atoms with Crippen LogP contribution < -0.4 is 16.4 Å². The van der Waals surface area contributed by atoms with Crippen LogP contribution in [0.3, 0.4) is 0 Å². The van der Waals surface area contributed by atoms with Crippen LogP contribution in [0.2, 0.25) is 0 Å². The van der Waals surface area contributed by atoms with Crippen LogP contribution in [-0.4, -0.2) is 24.0 Å². The van der Waals surface area contributed by atoms with E-state index in [1.165, 1.54) is 0 Å². The minimum absolute atomic E-state index is 0.388. The number of rotatable bonds is 3. The molecule has 0 aromatic rings. The van der Waals surface area contributed by atoms with Gasteiger partial charge in [-0.1, -0.05) is 0 Å². The van der Waals surface area contributed by atoms with Crippen LogP contribution in [0.25, 0.3) is 0 Å². The molecule has 0 aliphatic heterocycles. The number of hydrogen-bond acceptors (Lipinski definition) is 2. The van der Waals surface area contributed by atoms with Crippen molar-refractivity contribution < 1.29 is 9.59 Å². The molecule has 5 heteroatoms. The first-order valence-electron chi connectivity index (χ1n) is 3.76. The summed E-state index contributed by atoms with van der Waals surface area (Å²) in [6.07, 6.45) is 0. The van der Waals surface area contributed by atoms with Gasteiger partial charge in [-0.15, -0.1) is 0 Å². The highest BCUT2D eigenvalue weighted by molar-refractivity contribution is 5.88. The fraction of sp³-hybridized carbons (Fsp3) is 0.714. The smallest absolute Gasteiger partial charge is 0.315 e. The number of nitrogens with two attached hydrogens (primary N) is 1. The van der Waals surface area contributed by atoms with Gasteiger partial charge in [-0.25, -0.2) is 4.79 Å². The minimum Gasteiger partial charge on any atom is -0.368 e. The summed E-state index contributed by atoms with van der Waals surface area (Å²) >= 11 is 0. The maximum Gasteiger partial charge on any atom is 0.315 e. The number of nitrogens with one attached hydrogen (secondary N) is 2. The normalized spacial score (nSPS) is 10.6. The molecule has 12 heavy (non-hydrogen) atoms. The second-order valence-electron chi connectivity index (χ2n) is 2.97. The van der Waals surface area contributed by atoms with E-state index in [1.807, 2.05) is 0 Å². The highest BCUT2D eigenvalue weighted by atomic mass is 16.2. The lowest BCUT2D eigenvalue weighted by atomic mass is 10.1. The molecule has 0 aromatic heterocycles. The predicted molar refractivity (Wildman–Crippen MR) is 45.5 cm³/mol. The summed E-state index contributed by atoms with van der Waals surface area (Å²) in [5.74, 6) is -0.561. The Morgan fingerprint density at radius 2 is 1.92 bits per heavy atom. The van der Waals surface area contributed by atoms with Crippen LogP contribution >= 0.6 is 0 Å². The second kappa shape index (κ2) is 3.94. The molecule has 0 atom stereocenters. The van der Waals surface area contributed by atoms with E-state index in [2.05, 4.69) is 10.6 Å². The Hall–Kier alpha value is -1.26. The highest BCUT2D eigenvalue weighted by Crippen LogP contribution is 1.98. The zero-order valence-corrected chi connectivity index (χ0v) is 7.60. The molecule has 0 fully saturated rings. The lowest BCUT2D eigenvalue weighted by molar-refractivity contribution is -0.122. The van der Waals surface area contributed by atoms with E-state index in [1.54, 1.807) is 20.8 Å². The summed E-state index contributed by atoms with van der Waals surface area (Å²) in [5, 5.41) is 4.93. The first-order chi connectivity index (χ1) is 5.40. The van der Waals surface area contributed by atoms with Crippen molar-refractivity contribution >= 4 is 11.9 Å². The van der Waals surface area contributed by atoms with E-state index in [-0.39, 0.29) is 6.03 Å². The SMILES string of the molecule is CCNC(=O)NC(C)(C)C(N)=O. The molecule has 0 saturated heterocycles. The zero-order chi connectivity index (χ0) is 9.78. The van der Waals surface area contributed by atoms with E-state index in [0.29, 0.717) is 6.54 Å². The third-order valence-corrected chi connectivity index (χ3v) is 1.38. The average Bonchev–Trinajstić information content (AvgIpc) is 1.85. The van der Waals surface area contributed by atoms with Gasteiger partial charge in [0.25, 0.3) is 0 Å². The summed E-state index contributed by atoms with van der Waals surface area (Å²) in [5.41, 5.74) is 4.03. The molecule has 0 aliphatic carbocycles. The van der Waals surface area contributed by atoms with Crippen molar-refractivity contribution in [2.75, 3.05) is 6.54 Å². The molecule has 5 nitrogen and oxygen atoms in total. The molecular weight excluding hydrogens is 158 g/mol. The van der Waals surface area contributed by atoms with E-state index in [4.69, 9.17) is 5.73 Å². The van der Waals surface area contributed by atoms with Crippen LogP contribution in [0, 0.1) is 0 Å². The van der Waals surface area contributed by atoms with Gasteiger partial charge >= 0.3 is 6.03 Å². The lowest BCUT2D eigenvalue weighted by Crippen LogP contribution is -2.55. The van der Waals surface area contributed by atoms with Crippen molar-refractivity contribution in [2.45, 2.75) is 26.3 Å². The number of amides is 3. The fourth-order valence-electron chi connectivity index (χ4n) is 0.550. The molecule has 0 saturated carbocycles. The molecule has 70 valence electrons. The summed E-state index contributed by atoms with van der Waals surface area (Å²) < 4.78 is 0. The van der Waals surface area contributed by atoms with Gasteiger partial charge in [-0.3, -0.25) is 4.79 Å². The van der Waals surface area contributed by atoms with E-state index in [0.717, 1.165) is 0 Å². The van der Waals surface area contributed by atoms with Crippen molar-refractivity contribution in [2.24, 2.45) is 5.73 Å². The maximum atomic E-state index is 10.9. The van der Waals surface area contributed by atoms with Crippen molar-refractivity contribution in [3.05, 3.63) is 0 Å². The third kappa shape index (κ3) is 3.23. The number of primary amides is 1. The molecule has 0 heterocycles. The lowest BCUT2D eigenvalue weighted by Gasteiger charge is -2.21. The molecule has 0 aromatic carbocycles. The molecule has 3 amide bonds. The van der Waals surface area contributed by atoms with Crippen LogP contribution in [0.15, 0.2) is 0 Å². The monoisotopic (exact) mass is 173 g/mol. The van der Waals surface area contributed by atoms with Crippen LogP contribution in [0.1, 0.15) is 20.8 Å². The van der Waals surface area contributed by atoms with Gasteiger partial charge in [0.1, 0.15) is 5.54 Å². The maximum absolute atomic E-state index is 10.9. The summed E-state index contributed by atoms with van der Waals surface area (Å²) in [7, 11) is 0. The van der Waals surface area contributed by atoms with E-state index >= 15 is 0 Å². The first-order valence-corrected chi connectivity index (χ1v) is 3.76. The zero-order valence-electron chi connectivity index (χ0n) is 7.60. The second-order valence-corrected chi connectivity index (χ2v) is 2.97. The summed E-state index contributed by atoms with van der Waals surface area (Å²) in [6, 6.07) is -0.388. The molecule has 0 spiro atoms. The number of urea groups is 1. The molecular formula is C7H15N3O2. The Labute approximate surface area is 71.7 Å². The number of hydrogen-bond donors (Lipinski definition) is 3. The largest absolute Gasteiger partial charge is 0.368 e. The molecule has 0 unspecified atom stereocenters. The van der Waals surface area contributed by atoms with Gasteiger partial charge in [0.2, 0.25) is 5.91 Å². The third-order valence-electron chi connectivity index (χ3n) is 1.38. The molecule has 0 aliphatic rings. The van der Waals surface area contributed by atoms with Crippen molar-refractivity contribution in [3.63, 3.8) is 0 Å². The molecule has 0 radical (unpaired) electrons. The predicted octanol–water partition coefficient (Wildman–Crippen LogP) is -0.431. The Morgan fingerprint density at radius 3 is 2.25 bits per heavy atom. The molecule has 4 N–H and O–H groups in total. The van der Waals surface area contributed by atoms with Crippen LogP contribution in [0.5, 0.6) is 0 Å². The van der Waals surface area contributed by atoms with Gasteiger partial charge in [-0.05, 0) is 20.8 Å². The molecule has 0 rings (SSSR count). The van der Waals surface area contributed by atoms with Crippen LogP contribution in [-0.2, 0) is 4.79 Å². The topological polar surface area (TPSA) is 84.2 Å². The van der Waals surface area contributed by atoms with E-state index < -0.39 is 11.4 Å². The van der Waals surface area contributed by atoms with Gasteiger partial charge in [0.15, 0.2) is 0 Å². The quantitative estimate of drug-likeness (QED) is 0.541. The van der Waals surface area contributed by atoms with Crippen molar-refractivity contribution in [1.82, 2.24) is 10.6 Å². The Kier molecular flexibility index (Phi) is 3.53. The standard InChI is InChI=1S/C7H15N3O2/c1-4-9-6(12)10-7(2,3)5(8)11/h4H2,1-3H3,(H2,8,11)(H2,9,10,12). The van der Waals surface area contributed by atoms with Gasteiger partial charge in [0, 0.05) is 6.54 Å². The molecule has 0 bridgehead atoms. The fourth-order valence-corrected chi connectivity index (χ4v) is 0.550. The first kappa shape index (κ1) is 10.7. The summed E-state index contributed by atoms with van der Waals surface area (Å²) in [6.45, 7) is 5.40. The van der Waals surface area contributed by atoms with Crippen molar-refractivity contribution in [3.8, 4) is 0 Å². The van der Waals surface area contributed by atoms with Crippen molar-refractivity contribution in [1.29, 1.82) is 0 Å². The minimum atomic E-state index is -1.00. The Bertz CT molecular complexity index is 189. The Balaban J connectivity index is 4.06. The number of carbonyl (C=O) groups excluding carboxylic acids is 2. The van der Waals surface area contributed by atoms with Crippen LogP contribution in [0.4, 0.5) is 4.79 Å². The van der Waals surface area contributed by atoms with Gasteiger partial charge in [0.05, 0.1) is 0 Å².